The Morgan fingerprint density at radius 3 is 3.19 bits per heavy atom. The lowest BCUT2D eigenvalue weighted by Crippen LogP contribution is -2.44. The van der Waals surface area contributed by atoms with Crippen molar-refractivity contribution in [2.24, 2.45) is 5.73 Å². The number of hydrogen-bond acceptors (Lipinski definition) is 4. The number of halogens is 1. The fourth-order valence-corrected chi connectivity index (χ4v) is 2.36. The van der Waals surface area contributed by atoms with Crippen molar-refractivity contribution >= 4 is 21.9 Å². The van der Waals surface area contributed by atoms with Crippen molar-refractivity contribution in [2.45, 2.75) is 25.3 Å². The molecule has 5 heteroatoms. The molecule has 0 radical (unpaired) electrons. The Bertz CT molecular complexity index is 436. The van der Waals surface area contributed by atoms with Crippen LogP contribution in [0, 0.1) is 0 Å². The molecule has 1 aliphatic carbocycles. The first kappa shape index (κ1) is 11.5. The highest BCUT2D eigenvalue weighted by Gasteiger charge is 2.44. The molecule has 0 aliphatic heterocycles. The van der Waals surface area contributed by atoms with E-state index < -0.39 is 5.54 Å². The molecule has 1 atom stereocenters. The highest BCUT2D eigenvalue weighted by molar-refractivity contribution is 9.10. The number of rotatable bonds is 2. The Balaban J connectivity index is 2.38. The van der Waals surface area contributed by atoms with Crippen LogP contribution in [-0.4, -0.2) is 17.6 Å². The molecule has 1 unspecified atom stereocenters. The van der Waals surface area contributed by atoms with Crippen molar-refractivity contribution < 1.29 is 9.53 Å². The van der Waals surface area contributed by atoms with Crippen LogP contribution in [0.4, 0.5) is 0 Å². The quantitative estimate of drug-likeness (QED) is 0.836. The molecule has 0 saturated carbocycles. The summed E-state index contributed by atoms with van der Waals surface area (Å²) in [7, 11) is 0. The van der Waals surface area contributed by atoms with Gasteiger partial charge in [0.1, 0.15) is 0 Å². The van der Waals surface area contributed by atoms with Gasteiger partial charge in [-0.05, 0) is 47.3 Å². The molecule has 1 heterocycles. The number of aromatic nitrogens is 1. The molecule has 0 bridgehead atoms. The number of nitrogens with zero attached hydrogens (tertiary/aromatic N) is 1. The van der Waals surface area contributed by atoms with Gasteiger partial charge in [-0.3, -0.25) is 4.98 Å². The molecule has 0 aromatic carbocycles. The fourth-order valence-electron chi connectivity index (χ4n) is 1.98. The SMILES string of the molecule is CCOC(=O)C1(N)CCc2cc(Br)cnc21. The van der Waals surface area contributed by atoms with Gasteiger partial charge >= 0.3 is 5.97 Å². The van der Waals surface area contributed by atoms with Gasteiger partial charge in [-0.25, -0.2) is 4.79 Å². The minimum Gasteiger partial charge on any atom is -0.464 e. The molecule has 0 spiro atoms. The summed E-state index contributed by atoms with van der Waals surface area (Å²) in [5.41, 5.74) is 6.70. The van der Waals surface area contributed by atoms with Crippen molar-refractivity contribution in [1.82, 2.24) is 4.98 Å². The van der Waals surface area contributed by atoms with E-state index in [0.29, 0.717) is 18.7 Å². The number of fused-ring (bicyclic) bond motifs is 1. The maximum Gasteiger partial charge on any atom is 0.332 e. The molecule has 86 valence electrons. The average molecular weight is 285 g/mol. The summed E-state index contributed by atoms with van der Waals surface area (Å²) in [6.07, 6.45) is 2.98. The molecule has 1 aliphatic rings. The zero-order valence-electron chi connectivity index (χ0n) is 9.00. The van der Waals surface area contributed by atoms with Gasteiger partial charge in [0.05, 0.1) is 12.3 Å². The van der Waals surface area contributed by atoms with Crippen LogP contribution in [0.15, 0.2) is 16.7 Å². The van der Waals surface area contributed by atoms with Crippen LogP contribution < -0.4 is 5.73 Å². The Morgan fingerprint density at radius 2 is 2.50 bits per heavy atom. The Morgan fingerprint density at radius 1 is 1.75 bits per heavy atom. The smallest absolute Gasteiger partial charge is 0.332 e. The predicted molar refractivity (Wildman–Crippen MR) is 62.8 cm³/mol. The molecule has 0 fully saturated rings. The van der Waals surface area contributed by atoms with Gasteiger partial charge in [-0.1, -0.05) is 0 Å². The largest absolute Gasteiger partial charge is 0.464 e. The van der Waals surface area contributed by atoms with Crippen molar-refractivity contribution in [3.8, 4) is 0 Å². The first-order valence-corrected chi connectivity index (χ1v) is 5.98. The van der Waals surface area contributed by atoms with E-state index in [-0.39, 0.29) is 5.97 Å². The molecule has 2 rings (SSSR count). The summed E-state index contributed by atoms with van der Waals surface area (Å²) in [5.74, 6) is -0.386. The maximum atomic E-state index is 11.8. The Hall–Kier alpha value is -0.940. The van der Waals surface area contributed by atoms with E-state index in [1.165, 1.54) is 0 Å². The van der Waals surface area contributed by atoms with Crippen LogP contribution in [0.5, 0.6) is 0 Å². The summed E-state index contributed by atoms with van der Waals surface area (Å²) in [4.78, 5) is 16.1. The number of carbonyl (C=O) groups is 1. The van der Waals surface area contributed by atoms with E-state index in [9.17, 15) is 4.79 Å². The lowest BCUT2D eigenvalue weighted by molar-refractivity contribution is -0.150. The van der Waals surface area contributed by atoms with Crippen LogP contribution in [0.3, 0.4) is 0 Å². The summed E-state index contributed by atoms with van der Waals surface area (Å²) >= 11 is 3.35. The first-order chi connectivity index (χ1) is 7.58. The van der Waals surface area contributed by atoms with Crippen LogP contribution in [-0.2, 0) is 21.5 Å². The van der Waals surface area contributed by atoms with E-state index >= 15 is 0 Å². The third-order valence-electron chi connectivity index (χ3n) is 2.78. The number of ether oxygens (including phenoxy) is 1. The van der Waals surface area contributed by atoms with Crippen molar-refractivity contribution in [3.63, 3.8) is 0 Å². The van der Waals surface area contributed by atoms with Crippen molar-refractivity contribution in [1.29, 1.82) is 0 Å². The molecule has 1 aromatic heterocycles. The molecule has 2 N–H and O–H groups in total. The molecule has 4 nitrogen and oxygen atoms in total. The van der Waals surface area contributed by atoms with Gasteiger partial charge in [0.25, 0.3) is 0 Å². The van der Waals surface area contributed by atoms with Gasteiger partial charge < -0.3 is 10.5 Å². The van der Waals surface area contributed by atoms with Crippen LogP contribution in [0.25, 0.3) is 0 Å². The zero-order valence-corrected chi connectivity index (χ0v) is 10.6. The molecule has 0 saturated heterocycles. The minimum absolute atomic E-state index is 0.337. The highest BCUT2D eigenvalue weighted by Crippen LogP contribution is 2.35. The van der Waals surface area contributed by atoms with E-state index in [1.54, 1.807) is 13.1 Å². The lowest BCUT2D eigenvalue weighted by Gasteiger charge is -2.21. The second kappa shape index (κ2) is 4.14. The number of nitrogens with two attached hydrogens (primary N) is 1. The Labute approximate surface area is 102 Å². The fraction of sp³-hybridized carbons (Fsp3) is 0.455. The number of aryl methyl sites for hydroxylation is 1. The van der Waals surface area contributed by atoms with Gasteiger partial charge in [-0.15, -0.1) is 0 Å². The topological polar surface area (TPSA) is 65.2 Å². The van der Waals surface area contributed by atoms with Gasteiger partial charge in [0.2, 0.25) is 0 Å². The van der Waals surface area contributed by atoms with Crippen LogP contribution in [0.1, 0.15) is 24.6 Å². The summed E-state index contributed by atoms with van der Waals surface area (Å²) in [6.45, 7) is 2.11. The Kier molecular flexibility index (Phi) is 2.99. The second-order valence-electron chi connectivity index (χ2n) is 3.85. The lowest BCUT2D eigenvalue weighted by atomic mass is 9.98. The number of carbonyl (C=O) groups excluding carboxylic acids is 1. The number of hydrogen-bond donors (Lipinski definition) is 1. The third-order valence-corrected chi connectivity index (χ3v) is 3.22. The van der Waals surface area contributed by atoms with Crippen LogP contribution in [0.2, 0.25) is 0 Å². The van der Waals surface area contributed by atoms with E-state index in [1.807, 2.05) is 6.07 Å². The first-order valence-electron chi connectivity index (χ1n) is 5.19. The minimum atomic E-state index is -1.06. The summed E-state index contributed by atoms with van der Waals surface area (Å²) in [5, 5.41) is 0. The average Bonchev–Trinajstić information content (AvgIpc) is 2.58. The van der Waals surface area contributed by atoms with Crippen molar-refractivity contribution in [2.75, 3.05) is 6.61 Å². The van der Waals surface area contributed by atoms with Crippen molar-refractivity contribution in [3.05, 3.63) is 28.0 Å². The highest BCUT2D eigenvalue weighted by atomic mass is 79.9. The normalized spacial score (nSPS) is 22.9. The van der Waals surface area contributed by atoms with E-state index in [0.717, 1.165) is 16.5 Å². The summed E-state index contributed by atoms with van der Waals surface area (Å²) in [6, 6.07) is 1.95. The number of esters is 1. The summed E-state index contributed by atoms with van der Waals surface area (Å²) < 4.78 is 5.90. The maximum absolute atomic E-state index is 11.8. The predicted octanol–water partition coefficient (Wildman–Crippen LogP) is 1.51. The van der Waals surface area contributed by atoms with Gasteiger partial charge in [0, 0.05) is 10.7 Å². The van der Waals surface area contributed by atoms with E-state index in [2.05, 4.69) is 20.9 Å². The van der Waals surface area contributed by atoms with Crippen LogP contribution >= 0.6 is 15.9 Å². The monoisotopic (exact) mass is 284 g/mol. The second-order valence-corrected chi connectivity index (χ2v) is 4.77. The van der Waals surface area contributed by atoms with Gasteiger partial charge in [-0.2, -0.15) is 0 Å². The van der Waals surface area contributed by atoms with E-state index in [4.69, 9.17) is 10.5 Å². The molecule has 0 amide bonds. The molecule has 16 heavy (non-hydrogen) atoms. The molecule has 1 aromatic rings. The molecular weight excluding hydrogens is 272 g/mol. The molecular formula is C11H13BrN2O2. The zero-order chi connectivity index (χ0) is 11.8. The number of pyridine rings is 1. The third kappa shape index (κ3) is 1.74. The van der Waals surface area contributed by atoms with Gasteiger partial charge in [0.15, 0.2) is 5.54 Å². The standard InChI is InChI=1S/C11H13BrN2O2/c1-2-16-10(15)11(13)4-3-7-5-8(12)6-14-9(7)11/h5-6H,2-4,13H2,1H3.